The van der Waals surface area contributed by atoms with Crippen LogP contribution in [0.4, 0.5) is 13.2 Å². The summed E-state index contributed by atoms with van der Waals surface area (Å²) in [6, 6.07) is 5.31. The first-order valence-electron chi connectivity index (χ1n) is 8.67. The maximum atomic E-state index is 12.5. The van der Waals surface area contributed by atoms with E-state index in [1.807, 2.05) is 0 Å². The molecule has 0 aliphatic carbocycles. The largest absolute Gasteiger partial charge is 0.416 e. The minimum absolute atomic E-state index is 0.611. The van der Waals surface area contributed by atoms with Gasteiger partial charge in [-0.2, -0.15) is 13.2 Å². The van der Waals surface area contributed by atoms with Gasteiger partial charge in [-0.1, -0.05) is 12.1 Å². The van der Waals surface area contributed by atoms with Crippen molar-refractivity contribution in [2.45, 2.75) is 25.4 Å². The average molecular weight is 356 g/mol. The predicted molar refractivity (Wildman–Crippen MR) is 94.7 cm³/mol. The van der Waals surface area contributed by atoms with Crippen LogP contribution in [0.1, 0.15) is 24.0 Å². The molecule has 7 heteroatoms. The van der Waals surface area contributed by atoms with Crippen LogP contribution < -0.4 is 10.6 Å². The molecule has 0 radical (unpaired) electrons. The minimum atomic E-state index is -4.28. The minimum Gasteiger partial charge on any atom is -0.356 e. The lowest BCUT2D eigenvalue weighted by Gasteiger charge is -2.29. The predicted octanol–water partition coefficient (Wildman–Crippen LogP) is 2.75. The molecule has 0 saturated carbocycles. The van der Waals surface area contributed by atoms with Gasteiger partial charge in [-0.25, -0.2) is 0 Å². The second kappa shape index (κ2) is 9.08. The molecule has 1 heterocycles. The van der Waals surface area contributed by atoms with E-state index in [2.05, 4.69) is 27.6 Å². The fourth-order valence-corrected chi connectivity index (χ4v) is 2.91. The van der Waals surface area contributed by atoms with E-state index in [-0.39, 0.29) is 0 Å². The molecule has 0 spiro atoms. The van der Waals surface area contributed by atoms with Crippen LogP contribution in [0.15, 0.2) is 29.3 Å². The lowest BCUT2D eigenvalue weighted by molar-refractivity contribution is -0.137. The molecule has 25 heavy (non-hydrogen) atoms. The van der Waals surface area contributed by atoms with Crippen molar-refractivity contribution in [2.24, 2.45) is 10.9 Å². The SMILES string of the molecule is CN=C(NCCc1ccc(C(F)(F)F)cc1)NCC1CCN(C)CC1. The summed E-state index contributed by atoms with van der Waals surface area (Å²) < 4.78 is 37.6. The number of aliphatic imine (C=N–C) groups is 1. The van der Waals surface area contributed by atoms with Crippen molar-refractivity contribution in [3.63, 3.8) is 0 Å². The number of hydrogen-bond acceptors (Lipinski definition) is 2. The van der Waals surface area contributed by atoms with Crippen molar-refractivity contribution in [2.75, 3.05) is 40.3 Å². The summed E-state index contributed by atoms with van der Waals surface area (Å²) in [5.74, 6) is 1.40. The zero-order chi connectivity index (χ0) is 18.3. The maximum absolute atomic E-state index is 12.5. The highest BCUT2D eigenvalue weighted by Gasteiger charge is 2.29. The Bertz CT molecular complexity index is 546. The molecule has 1 saturated heterocycles. The van der Waals surface area contributed by atoms with Crippen molar-refractivity contribution >= 4 is 5.96 Å². The first kappa shape index (κ1) is 19.6. The van der Waals surface area contributed by atoms with E-state index in [0.717, 1.165) is 43.3 Å². The fourth-order valence-electron chi connectivity index (χ4n) is 2.91. The smallest absolute Gasteiger partial charge is 0.356 e. The van der Waals surface area contributed by atoms with E-state index < -0.39 is 11.7 Å². The zero-order valence-electron chi connectivity index (χ0n) is 14.9. The van der Waals surface area contributed by atoms with Crippen LogP contribution in [0.3, 0.4) is 0 Å². The Balaban J connectivity index is 1.70. The molecule has 2 rings (SSSR count). The van der Waals surface area contributed by atoms with Gasteiger partial charge in [-0.05, 0) is 63.0 Å². The van der Waals surface area contributed by atoms with Gasteiger partial charge in [-0.3, -0.25) is 4.99 Å². The number of piperidine rings is 1. The summed E-state index contributed by atoms with van der Waals surface area (Å²) in [5.41, 5.74) is 0.256. The van der Waals surface area contributed by atoms with Crippen LogP contribution in [-0.2, 0) is 12.6 Å². The van der Waals surface area contributed by atoms with E-state index in [4.69, 9.17) is 0 Å². The standard InChI is InChI=1S/C18H27F3N4/c1-22-17(24-13-15-8-11-25(2)12-9-15)23-10-7-14-3-5-16(6-4-14)18(19,20)21/h3-6,15H,7-13H2,1-2H3,(H2,22,23,24). The van der Waals surface area contributed by atoms with Crippen LogP contribution in [0, 0.1) is 5.92 Å². The van der Waals surface area contributed by atoms with Gasteiger partial charge in [0.2, 0.25) is 0 Å². The highest BCUT2D eigenvalue weighted by Crippen LogP contribution is 2.29. The van der Waals surface area contributed by atoms with Gasteiger partial charge in [0, 0.05) is 20.1 Å². The molecule has 0 unspecified atom stereocenters. The molecule has 0 bridgehead atoms. The van der Waals surface area contributed by atoms with Gasteiger partial charge >= 0.3 is 6.18 Å². The molecule has 1 aliphatic rings. The summed E-state index contributed by atoms with van der Waals surface area (Å²) in [6.07, 6.45) is -1.26. The number of likely N-dealkylation sites (tertiary alicyclic amines) is 1. The monoisotopic (exact) mass is 356 g/mol. The lowest BCUT2D eigenvalue weighted by Crippen LogP contribution is -2.42. The van der Waals surface area contributed by atoms with Crippen molar-refractivity contribution in [1.29, 1.82) is 0 Å². The lowest BCUT2D eigenvalue weighted by atomic mass is 9.97. The van der Waals surface area contributed by atoms with Crippen LogP contribution in [-0.4, -0.2) is 51.1 Å². The summed E-state index contributed by atoms with van der Waals surface area (Å²) in [5, 5.41) is 6.56. The number of nitrogens with zero attached hydrogens (tertiary/aromatic N) is 2. The van der Waals surface area contributed by atoms with Gasteiger partial charge in [0.15, 0.2) is 5.96 Å². The number of nitrogens with one attached hydrogen (secondary N) is 2. The molecule has 0 amide bonds. The number of benzene rings is 1. The molecule has 2 N–H and O–H groups in total. The van der Waals surface area contributed by atoms with Gasteiger partial charge in [0.05, 0.1) is 5.56 Å². The van der Waals surface area contributed by atoms with Crippen molar-refractivity contribution in [1.82, 2.24) is 15.5 Å². The molecule has 0 aromatic heterocycles. The molecule has 1 aromatic carbocycles. The third-order valence-electron chi connectivity index (χ3n) is 4.61. The van der Waals surface area contributed by atoms with Crippen LogP contribution in [0.25, 0.3) is 0 Å². The summed E-state index contributed by atoms with van der Waals surface area (Å²) in [4.78, 5) is 6.54. The van der Waals surface area contributed by atoms with Crippen molar-refractivity contribution in [3.8, 4) is 0 Å². The highest BCUT2D eigenvalue weighted by atomic mass is 19.4. The van der Waals surface area contributed by atoms with Gasteiger partial charge in [0.25, 0.3) is 0 Å². The Kier molecular flexibility index (Phi) is 7.11. The highest BCUT2D eigenvalue weighted by molar-refractivity contribution is 5.79. The van der Waals surface area contributed by atoms with Crippen molar-refractivity contribution in [3.05, 3.63) is 35.4 Å². The van der Waals surface area contributed by atoms with E-state index >= 15 is 0 Å². The molecule has 0 atom stereocenters. The topological polar surface area (TPSA) is 39.7 Å². The van der Waals surface area contributed by atoms with Crippen LogP contribution >= 0.6 is 0 Å². The Labute approximate surface area is 147 Å². The molecule has 1 fully saturated rings. The van der Waals surface area contributed by atoms with E-state index in [1.165, 1.54) is 25.0 Å². The molecule has 4 nitrogen and oxygen atoms in total. The first-order chi connectivity index (χ1) is 11.9. The number of alkyl halides is 3. The van der Waals surface area contributed by atoms with Gasteiger partial charge < -0.3 is 15.5 Å². The van der Waals surface area contributed by atoms with Gasteiger partial charge in [-0.15, -0.1) is 0 Å². The Morgan fingerprint density at radius 1 is 1.16 bits per heavy atom. The summed E-state index contributed by atoms with van der Waals surface area (Å²) in [6.45, 7) is 3.78. The first-order valence-corrected chi connectivity index (χ1v) is 8.67. The van der Waals surface area contributed by atoms with Gasteiger partial charge in [0.1, 0.15) is 0 Å². The maximum Gasteiger partial charge on any atom is 0.416 e. The second-order valence-electron chi connectivity index (χ2n) is 6.57. The van der Waals surface area contributed by atoms with E-state index in [1.54, 1.807) is 7.05 Å². The second-order valence-corrected chi connectivity index (χ2v) is 6.57. The molecule has 1 aromatic rings. The zero-order valence-corrected chi connectivity index (χ0v) is 14.9. The molecule has 140 valence electrons. The molecular weight excluding hydrogens is 329 g/mol. The third kappa shape index (κ3) is 6.57. The fraction of sp³-hybridized carbons (Fsp3) is 0.611. The van der Waals surface area contributed by atoms with Crippen LogP contribution in [0.5, 0.6) is 0 Å². The van der Waals surface area contributed by atoms with Crippen molar-refractivity contribution < 1.29 is 13.2 Å². The van der Waals surface area contributed by atoms with Crippen LogP contribution in [0.2, 0.25) is 0 Å². The third-order valence-corrected chi connectivity index (χ3v) is 4.61. The Morgan fingerprint density at radius 2 is 1.80 bits per heavy atom. The number of rotatable bonds is 5. The van der Waals surface area contributed by atoms with E-state index in [9.17, 15) is 13.2 Å². The molecule has 1 aliphatic heterocycles. The van der Waals surface area contributed by atoms with E-state index in [0.29, 0.717) is 18.9 Å². The summed E-state index contributed by atoms with van der Waals surface area (Å²) >= 11 is 0. The number of halogens is 3. The normalized spacial score (nSPS) is 17.6. The quantitative estimate of drug-likeness (QED) is 0.630. The average Bonchev–Trinajstić information content (AvgIpc) is 2.59. The number of guanidine groups is 1. The summed E-state index contributed by atoms with van der Waals surface area (Å²) in [7, 11) is 3.87. The Morgan fingerprint density at radius 3 is 2.36 bits per heavy atom. The number of hydrogen-bond donors (Lipinski definition) is 2. The molecular formula is C18H27F3N4. The Hall–Kier alpha value is -1.76.